The van der Waals surface area contributed by atoms with Crippen LogP contribution >= 0.6 is 0 Å². The van der Waals surface area contributed by atoms with Crippen LogP contribution in [-0.4, -0.2) is 47.8 Å². The van der Waals surface area contributed by atoms with Crippen LogP contribution in [0.5, 0.6) is 0 Å². The van der Waals surface area contributed by atoms with Crippen molar-refractivity contribution in [3.63, 3.8) is 0 Å². The van der Waals surface area contributed by atoms with E-state index in [4.69, 9.17) is 8.85 Å². The van der Waals surface area contributed by atoms with Crippen molar-refractivity contribution in [2.45, 2.75) is 45.2 Å². The molecule has 0 bridgehead atoms. The molecule has 1 fully saturated rings. The Bertz CT molecular complexity index is 1790. The van der Waals surface area contributed by atoms with Gasteiger partial charge in [0, 0.05) is 47.1 Å². The summed E-state index contributed by atoms with van der Waals surface area (Å²) in [4.78, 5) is 9.13. The highest BCUT2D eigenvalue weighted by molar-refractivity contribution is 6.07. The number of fused-ring (bicyclic) bond motifs is 3. The molecule has 6 rings (SSSR count). The maximum atomic E-state index is 16.0. The van der Waals surface area contributed by atoms with Crippen LogP contribution in [0.1, 0.15) is 53.8 Å². The summed E-state index contributed by atoms with van der Waals surface area (Å²) in [6, 6.07) is 7.34. The predicted octanol–water partition coefficient (Wildman–Crippen LogP) is 5.21. The molecule has 0 saturated carbocycles. The Morgan fingerprint density at radius 1 is 1.10 bits per heavy atom. The smallest absolute Gasteiger partial charge is 0.141 e. The van der Waals surface area contributed by atoms with E-state index >= 15 is 4.39 Å². The number of benzene rings is 1. The summed E-state index contributed by atoms with van der Waals surface area (Å²) < 4.78 is 62.8. The van der Waals surface area contributed by atoms with E-state index in [9.17, 15) is 9.50 Å². The van der Waals surface area contributed by atoms with Gasteiger partial charge >= 0.3 is 0 Å². The zero-order valence-electron chi connectivity index (χ0n) is 24.8. The summed E-state index contributed by atoms with van der Waals surface area (Å²) in [5.74, 6) is -1.11. The first-order valence-corrected chi connectivity index (χ1v) is 12.8. The van der Waals surface area contributed by atoms with Crippen LogP contribution in [0.3, 0.4) is 0 Å². The molecular weight excluding hydrogens is 502 g/mol. The monoisotopic (exact) mass is 535 g/mol. The number of pyridine rings is 2. The molecule has 5 heterocycles. The minimum Gasteiger partial charge on any atom is -0.386 e. The molecule has 1 aromatic carbocycles. The van der Waals surface area contributed by atoms with Gasteiger partial charge in [-0.3, -0.25) is 9.97 Å². The van der Waals surface area contributed by atoms with Crippen LogP contribution in [-0.2, 0) is 17.4 Å². The molecule has 8 nitrogen and oxygen atoms in total. The van der Waals surface area contributed by atoms with E-state index in [1.807, 2.05) is 10.6 Å². The summed E-state index contributed by atoms with van der Waals surface area (Å²) in [5.41, 5.74) is 1.40. The van der Waals surface area contributed by atoms with Gasteiger partial charge < -0.3 is 14.4 Å². The normalized spacial score (nSPS) is 17.3. The average molecular weight is 536 g/mol. The Labute approximate surface area is 228 Å². The van der Waals surface area contributed by atoms with Crippen LogP contribution in [0.15, 0.2) is 42.7 Å². The summed E-state index contributed by atoms with van der Waals surface area (Å²) >= 11 is 0. The predicted molar refractivity (Wildman–Crippen MR) is 143 cm³/mol. The molecule has 5 aromatic rings. The number of hydrogen-bond acceptors (Lipinski definition) is 6. The van der Waals surface area contributed by atoms with Gasteiger partial charge in [-0.15, -0.1) is 5.10 Å². The third-order valence-electron chi connectivity index (χ3n) is 7.56. The van der Waals surface area contributed by atoms with Crippen molar-refractivity contribution < 1.29 is 22.7 Å². The largest absolute Gasteiger partial charge is 0.386 e. The fourth-order valence-corrected chi connectivity index (χ4v) is 5.58. The number of halogens is 2. The third kappa shape index (κ3) is 4.37. The minimum absolute atomic E-state index is 0.0192. The van der Waals surface area contributed by atoms with Crippen molar-refractivity contribution in [1.29, 1.82) is 0 Å². The maximum absolute atomic E-state index is 16.0. The Kier molecular flexibility index (Phi) is 5.36. The molecule has 39 heavy (non-hydrogen) atoms. The highest BCUT2D eigenvalue weighted by atomic mass is 19.1. The molecule has 0 amide bonds. The molecular formula is C29H30F2N6O2. The van der Waals surface area contributed by atoms with E-state index < -0.39 is 30.1 Å². The van der Waals surface area contributed by atoms with E-state index in [2.05, 4.69) is 20.3 Å². The second-order valence-corrected chi connectivity index (χ2v) is 10.6. The number of aliphatic hydroxyl groups is 1. The number of rotatable bonds is 5. The zero-order chi connectivity index (χ0) is 30.0. The van der Waals surface area contributed by atoms with Crippen molar-refractivity contribution in [3.05, 3.63) is 71.3 Å². The molecule has 0 spiro atoms. The molecule has 1 saturated heterocycles. The van der Waals surface area contributed by atoms with E-state index in [-0.39, 0.29) is 22.9 Å². The summed E-state index contributed by atoms with van der Waals surface area (Å²) in [6.45, 7) is 1.77. The molecule has 1 aliphatic heterocycles. The van der Waals surface area contributed by atoms with Crippen LogP contribution < -0.4 is 0 Å². The molecule has 1 atom stereocenters. The zero-order valence-corrected chi connectivity index (χ0v) is 21.8. The number of hydrogen-bond donors (Lipinski definition) is 1. The molecule has 202 valence electrons. The fraction of sp³-hybridized carbons (Fsp3) is 0.379. The van der Waals surface area contributed by atoms with E-state index in [1.54, 1.807) is 32.2 Å². The fourth-order valence-electron chi connectivity index (χ4n) is 5.58. The lowest BCUT2D eigenvalue weighted by Gasteiger charge is -2.32. The third-order valence-corrected chi connectivity index (χ3v) is 7.56. The standard InChI is InChI=1S/C29H30F2N6O2/c1-16-27(36(4)35-34-16)20-13-24-21(12-22(20)31)26-25(11-18(14-33-26)29(2,3)38)37(24)28(17-7-9-39-10-8-17)23-6-5-19(30)15-32-23/h5-6,11-15,17,28,38H,7-10H2,1-4H3/i1D3. The second-order valence-electron chi connectivity index (χ2n) is 10.6. The molecule has 0 radical (unpaired) electrons. The van der Waals surface area contributed by atoms with E-state index in [0.717, 1.165) is 0 Å². The Morgan fingerprint density at radius 2 is 1.90 bits per heavy atom. The quantitative estimate of drug-likeness (QED) is 0.332. The highest BCUT2D eigenvalue weighted by Crippen LogP contribution is 2.42. The lowest BCUT2D eigenvalue weighted by atomic mass is 9.88. The minimum atomic E-state index is -2.62. The summed E-state index contributed by atoms with van der Waals surface area (Å²) in [5, 5.41) is 19.1. The maximum Gasteiger partial charge on any atom is 0.141 e. The number of aromatic nitrogens is 6. The molecule has 1 aliphatic rings. The van der Waals surface area contributed by atoms with Gasteiger partial charge in [-0.1, -0.05) is 5.21 Å². The summed E-state index contributed by atoms with van der Waals surface area (Å²) in [6.07, 6.45) is 4.14. The highest BCUT2D eigenvalue weighted by Gasteiger charge is 2.32. The van der Waals surface area contributed by atoms with Crippen LogP contribution in [0, 0.1) is 24.4 Å². The molecule has 0 aliphatic carbocycles. The molecule has 1 unspecified atom stereocenters. The topological polar surface area (TPSA) is 90.9 Å². The average Bonchev–Trinajstić information content (AvgIpc) is 3.47. The van der Waals surface area contributed by atoms with Crippen molar-refractivity contribution in [2.75, 3.05) is 13.2 Å². The number of ether oxygens (including phenoxy) is 1. The van der Waals surface area contributed by atoms with E-state index in [0.29, 0.717) is 59.2 Å². The first-order chi connectivity index (χ1) is 19.8. The van der Waals surface area contributed by atoms with Gasteiger partial charge in [0.25, 0.3) is 0 Å². The van der Waals surface area contributed by atoms with Gasteiger partial charge in [-0.2, -0.15) is 0 Å². The first kappa shape index (κ1) is 22.1. The first-order valence-electron chi connectivity index (χ1n) is 14.3. The van der Waals surface area contributed by atoms with Crippen LogP contribution in [0.4, 0.5) is 8.78 Å². The van der Waals surface area contributed by atoms with Gasteiger partial charge in [0.15, 0.2) is 0 Å². The Balaban J connectivity index is 1.72. The second kappa shape index (κ2) is 9.46. The van der Waals surface area contributed by atoms with Crippen molar-refractivity contribution in [1.82, 2.24) is 29.5 Å². The number of nitrogens with zero attached hydrogens (tertiary/aromatic N) is 6. The Morgan fingerprint density at radius 3 is 2.59 bits per heavy atom. The Hall–Kier alpha value is -3.76. The van der Waals surface area contributed by atoms with Crippen LogP contribution in [0.2, 0.25) is 0 Å². The molecule has 10 heteroatoms. The van der Waals surface area contributed by atoms with Gasteiger partial charge in [-0.25, -0.2) is 13.5 Å². The van der Waals surface area contributed by atoms with Gasteiger partial charge in [0.2, 0.25) is 0 Å². The summed E-state index contributed by atoms with van der Waals surface area (Å²) in [7, 11) is 1.52. The lowest BCUT2D eigenvalue weighted by Crippen LogP contribution is -2.27. The van der Waals surface area contributed by atoms with Crippen molar-refractivity contribution in [2.24, 2.45) is 13.0 Å². The molecule has 4 aromatic heterocycles. The van der Waals surface area contributed by atoms with Gasteiger partial charge in [0.05, 0.1) is 51.5 Å². The van der Waals surface area contributed by atoms with Crippen molar-refractivity contribution in [3.8, 4) is 11.3 Å². The molecule has 1 N–H and O–H groups in total. The lowest BCUT2D eigenvalue weighted by molar-refractivity contribution is 0.0547. The van der Waals surface area contributed by atoms with Gasteiger partial charge in [-0.05, 0) is 69.8 Å². The van der Waals surface area contributed by atoms with Crippen molar-refractivity contribution >= 4 is 21.9 Å². The van der Waals surface area contributed by atoms with Gasteiger partial charge in [0.1, 0.15) is 11.6 Å². The number of aryl methyl sites for hydroxylation is 2. The SMILES string of the molecule is [2H]C([2H])([2H])c1nnn(C)c1-c1cc2c(cc1F)c1ncc(C(C)(C)O)cc1n2C(c1ccc(F)cn1)C1CCOCC1. The van der Waals surface area contributed by atoms with E-state index in [1.165, 1.54) is 30.1 Å². The van der Waals surface area contributed by atoms with Crippen LogP contribution in [0.25, 0.3) is 33.2 Å².